The summed E-state index contributed by atoms with van der Waals surface area (Å²) in [5, 5.41) is 7.05. The minimum absolute atomic E-state index is 0.163. The second kappa shape index (κ2) is 7.39. The van der Waals surface area contributed by atoms with Crippen LogP contribution in [0.25, 0.3) is 0 Å². The molecule has 0 fully saturated rings. The number of rotatable bonds is 5. The molecule has 1 aromatic carbocycles. The summed E-state index contributed by atoms with van der Waals surface area (Å²) < 4.78 is 7.42. The van der Waals surface area contributed by atoms with Crippen LogP contribution in [0.5, 0.6) is 11.6 Å². The Morgan fingerprint density at radius 3 is 2.62 bits per heavy atom. The number of amides is 1. The van der Waals surface area contributed by atoms with Gasteiger partial charge in [0.1, 0.15) is 11.4 Å². The Kier molecular flexibility index (Phi) is 5.02. The molecule has 0 bridgehead atoms. The van der Waals surface area contributed by atoms with Gasteiger partial charge in [0, 0.05) is 25.9 Å². The largest absolute Gasteiger partial charge is 0.439 e. The summed E-state index contributed by atoms with van der Waals surface area (Å²) in [5.41, 5.74) is 4.43. The molecule has 1 N–H and O–H groups in total. The molecular weight excluding hydrogens is 328 g/mol. The van der Waals surface area contributed by atoms with Gasteiger partial charge in [0.25, 0.3) is 5.91 Å². The van der Waals surface area contributed by atoms with Crippen LogP contribution in [0.15, 0.2) is 42.6 Å². The van der Waals surface area contributed by atoms with Crippen LogP contribution in [-0.2, 0) is 13.6 Å². The molecule has 0 saturated heterocycles. The molecule has 0 aliphatic rings. The Labute approximate surface area is 152 Å². The Hall–Kier alpha value is -3.15. The summed E-state index contributed by atoms with van der Waals surface area (Å²) in [5.74, 6) is 1.16. The molecule has 26 heavy (non-hydrogen) atoms. The van der Waals surface area contributed by atoms with Crippen LogP contribution in [0, 0.1) is 20.8 Å². The molecule has 0 aliphatic carbocycles. The number of carbonyl (C=O) groups excluding carboxylic acids is 1. The van der Waals surface area contributed by atoms with Crippen molar-refractivity contribution in [3.63, 3.8) is 0 Å². The third-order valence-corrected chi connectivity index (χ3v) is 4.04. The predicted octanol–water partition coefficient (Wildman–Crippen LogP) is 3.46. The smallest absolute Gasteiger partial charge is 0.269 e. The number of nitrogens with zero attached hydrogens (tertiary/aromatic N) is 3. The first-order valence-corrected chi connectivity index (χ1v) is 8.41. The van der Waals surface area contributed by atoms with Crippen LogP contribution in [0.2, 0.25) is 0 Å². The second-order valence-corrected chi connectivity index (χ2v) is 6.35. The Morgan fingerprint density at radius 2 is 1.96 bits per heavy atom. The van der Waals surface area contributed by atoms with Crippen molar-refractivity contribution in [1.29, 1.82) is 0 Å². The number of benzene rings is 1. The highest BCUT2D eigenvalue weighted by Gasteiger charge is 2.11. The normalized spacial score (nSPS) is 10.6. The highest BCUT2D eigenvalue weighted by atomic mass is 16.5. The molecule has 6 nitrogen and oxygen atoms in total. The van der Waals surface area contributed by atoms with E-state index in [0.29, 0.717) is 18.1 Å². The predicted molar refractivity (Wildman–Crippen MR) is 99.3 cm³/mol. The van der Waals surface area contributed by atoms with Crippen molar-refractivity contribution >= 4 is 5.91 Å². The Morgan fingerprint density at radius 1 is 1.15 bits per heavy atom. The summed E-state index contributed by atoms with van der Waals surface area (Å²) in [6, 6.07) is 11.5. The fourth-order valence-corrected chi connectivity index (χ4v) is 2.60. The van der Waals surface area contributed by atoms with E-state index in [-0.39, 0.29) is 5.91 Å². The third-order valence-electron chi connectivity index (χ3n) is 4.04. The highest BCUT2D eigenvalue weighted by molar-refractivity contribution is 5.92. The summed E-state index contributed by atoms with van der Waals surface area (Å²) in [6.45, 7) is 6.27. The molecule has 0 atom stereocenters. The van der Waals surface area contributed by atoms with Crippen LogP contribution >= 0.6 is 0 Å². The van der Waals surface area contributed by atoms with Crippen LogP contribution < -0.4 is 10.1 Å². The SMILES string of the molecule is Cc1ccc(C)c(Oc2ccc(CNC(=O)c3cc(C)nn3C)cn2)c1. The number of nitrogens with one attached hydrogen (secondary N) is 1. The number of ether oxygens (including phenoxy) is 1. The van der Waals surface area contributed by atoms with Gasteiger partial charge >= 0.3 is 0 Å². The molecule has 0 radical (unpaired) electrons. The van der Waals surface area contributed by atoms with Crippen molar-refractivity contribution in [2.45, 2.75) is 27.3 Å². The molecule has 1 amide bonds. The molecule has 0 spiro atoms. The van der Waals surface area contributed by atoms with Crippen molar-refractivity contribution in [2.75, 3.05) is 0 Å². The topological polar surface area (TPSA) is 69.0 Å². The maximum atomic E-state index is 12.2. The minimum Gasteiger partial charge on any atom is -0.439 e. The average molecular weight is 350 g/mol. The van der Waals surface area contributed by atoms with Gasteiger partial charge in [0.2, 0.25) is 5.88 Å². The van der Waals surface area contributed by atoms with Gasteiger partial charge in [-0.25, -0.2) is 4.98 Å². The Bertz CT molecular complexity index is 929. The maximum Gasteiger partial charge on any atom is 0.269 e. The maximum absolute atomic E-state index is 12.2. The number of carbonyl (C=O) groups is 1. The molecule has 6 heteroatoms. The van der Waals surface area contributed by atoms with E-state index in [1.54, 1.807) is 30.1 Å². The van der Waals surface area contributed by atoms with Gasteiger partial charge < -0.3 is 10.1 Å². The van der Waals surface area contributed by atoms with Gasteiger partial charge in [0.15, 0.2) is 0 Å². The fourth-order valence-electron chi connectivity index (χ4n) is 2.60. The van der Waals surface area contributed by atoms with Crippen LogP contribution in [0.3, 0.4) is 0 Å². The fraction of sp³-hybridized carbons (Fsp3) is 0.250. The highest BCUT2D eigenvalue weighted by Crippen LogP contribution is 2.24. The van der Waals surface area contributed by atoms with E-state index >= 15 is 0 Å². The van der Waals surface area contributed by atoms with Crippen molar-refractivity contribution in [3.8, 4) is 11.6 Å². The summed E-state index contributed by atoms with van der Waals surface area (Å²) in [7, 11) is 1.75. The number of pyridine rings is 1. The van der Waals surface area contributed by atoms with E-state index in [2.05, 4.69) is 15.4 Å². The zero-order valence-electron chi connectivity index (χ0n) is 15.4. The first kappa shape index (κ1) is 17.7. The second-order valence-electron chi connectivity index (χ2n) is 6.35. The van der Waals surface area contributed by atoms with Gasteiger partial charge in [0.05, 0.1) is 5.69 Å². The van der Waals surface area contributed by atoms with Gasteiger partial charge in [-0.2, -0.15) is 5.10 Å². The summed E-state index contributed by atoms with van der Waals surface area (Å²) >= 11 is 0. The lowest BCUT2D eigenvalue weighted by Crippen LogP contribution is -2.25. The first-order chi connectivity index (χ1) is 12.4. The standard InChI is InChI=1S/C20H22N4O2/c1-13-5-6-14(2)18(9-13)26-19-8-7-16(11-21-19)12-22-20(25)17-10-15(3)23-24(17)4/h5-11H,12H2,1-4H3,(H,22,25). The van der Waals surface area contributed by atoms with Crippen LogP contribution in [0.1, 0.15) is 32.9 Å². The van der Waals surface area contributed by atoms with E-state index in [4.69, 9.17) is 4.74 Å². The molecule has 0 aliphatic heterocycles. The van der Waals surface area contributed by atoms with Gasteiger partial charge in [-0.05, 0) is 49.6 Å². The zero-order valence-corrected chi connectivity index (χ0v) is 15.4. The number of aromatic nitrogens is 3. The molecule has 2 aromatic heterocycles. The van der Waals surface area contributed by atoms with Gasteiger partial charge in [-0.15, -0.1) is 0 Å². The zero-order chi connectivity index (χ0) is 18.7. The van der Waals surface area contributed by atoms with Crippen molar-refractivity contribution < 1.29 is 9.53 Å². The molecule has 3 aromatic rings. The Balaban J connectivity index is 1.62. The van der Waals surface area contributed by atoms with E-state index in [1.807, 2.05) is 45.0 Å². The lowest BCUT2D eigenvalue weighted by Gasteiger charge is -2.09. The van der Waals surface area contributed by atoms with E-state index in [0.717, 1.165) is 28.1 Å². The van der Waals surface area contributed by atoms with Crippen molar-refractivity contribution in [2.24, 2.45) is 7.05 Å². The molecular formula is C20H22N4O2. The average Bonchev–Trinajstić information content (AvgIpc) is 2.95. The number of hydrogen-bond donors (Lipinski definition) is 1. The lowest BCUT2D eigenvalue weighted by atomic mass is 10.1. The van der Waals surface area contributed by atoms with Crippen molar-refractivity contribution in [3.05, 3.63) is 70.7 Å². The van der Waals surface area contributed by atoms with Gasteiger partial charge in [-0.3, -0.25) is 9.48 Å². The number of hydrogen-bond acceptors (Lipinski definition) is 4. The van der Waals surface area contributed by atoms with E-state index < -0.39 is 0 Å². The summed E-state index contributed by atoms with van der Waals surface area (Å²) in [6.07, 6.45) is 1.70. The van der Waals surface area contributed by atoms with E-state index in [1.165, 1.54) is 0 Å². The molecule has 0 saturated carbocycles. The molecule has 2 heterocycles. The van der Waals surface area contributed by atoms with Crippen LogP contribution in [-0.4, -0.2) is 20.7 Å². The van der Waals surface area contributed by atoms with Gasteiger partial charge in [-0.1, -0.05) is 18.2 Å². The number of aryl methyl sites for hydroxylation is 4. The molecule has 134 valence electrons. The van der Waals surface area contributed by atoms with Crippen molar-refractivity contribution in [1.82, 2.24) is 20.1 Å². The molecule has 0 unspecified atom stereocenters. The monoisotopic (exact) mass is 350 g/mol. The first-order valence-electron chi connectivity index (χ1n) is 8.41. The summed E-state index contributed by atoms with van der Waals surface area (Å²) in [4.78, 5) is 16.5. The van der Waals surface area contributed by atoms with Crippen LogP contribution in [0.4, 0.5) is 0 Å². The molecule has 3 rings (SSSR count). The lowest BCUT2D eigenvalue weighted by molar-refractivity contribution is 0.0941. The third kappa shape index (κ3) is 4.08. The van der Waals surface area contributed by atoms with E-state index in [9.17, 15) is 4.79 Å². The quantitative estimate of drug-likeness (QED) is 0.765. The minimum atomic E-state index is -0.163.